The molecular weight excluding hydrogens is 766 g/mol. The number of halogens is 1. The number of nitrogens with zero attached hydrogens (tertiary/aromatic N) is 4. The smallest absolute Gasteiger partial charge is 0.335 e. The number of carbonyl (C=O) groups is 4. The molecule has 1 aromatic heterocycles. The zero-order valence-electron chi connectivity index (χ0n) is 31.1. The van der Waals surface area contributed by atoms with Crippen LogP contribution < -0.4 is 9.62 Å². The molecule has 0 saturated carbocycles. The van der Waals surface area contributed by atoms with E-state index >= 15 is 0 Å². The normalized spacial score (nSPS) is 12.6. The summed E-state index contributed by atoms with van der Waals surface area (Å²) in [6.45, 7) is 4.61. The molecule has 0 spiro atoms. The number of carboxylic acids is 1. The molecule has 14 heteroatoms. The van der Waals surface area contributed by atoms with E-state index in [1.807, 2.05) is 43.3 Å². The van der Waals surface area contributed by atoms with Gasteiger partial charge in [0.05, 0.1) is 32.4 Å². The molecule has 0 unspecified atom stereocenters. The number of anilines is 1. The molecule has 2 N–H and O–H groups in total. The van der Waals surface area contributed by atoms with Crippen LogP contribution in [0.3, 0.4) is 0 Å². The van der Waals surface area contributed by atoms with Crippen LogP contribution in [0.15, 0.2) is 114 Å². The molecule has 0 bridgehead atoms. The average Bonchev–Trinajstić information content (AvgIpc) is 3.52. The highest BCUT2D eigenvalue weighted by atomic mass is 35.5. The third kappa shape index (κ3) is 7.89. The van der Waals surface area contributed by atoms with Gasteiger partial charge in [-0.15, -0.1) is 0 Å². The highest BCUT2D eigenvalue weighted by molar-refractivity contribution is 7.90. The van der Waals surface area contributed by atoms with E-state index in [0.717, 1.165) is 22.9 Å². The number of unbranched alkanes of at least 4 members (excludes halogenated alkanes) is 1. The first-order valence-corrected chi connectivity index (χ1v) is 20.2. The van der Waals surface area contributed by atoms with Crippen molar-refractivity contribution in [2.75, 3.05) is 18.0 Å². The standard InChI is InChI=1S/C43H38ClN5O7S/c1-3-4-22-48(34-17-13-30(14-18-34)43(53)54)42(52)39-38(44)27(2)49(45-39)37-20-16-32(25-36(37)41(51)47-23-21-29-10-6-8-12-33(29)26-47)40(50)46-57(55,56)35-19-15-28-9-5-7-11-31(28)24-35/h5-20,24-25H,3-4,21-23,26H2,1-2H3,(H,46,50)(H,53,54). The van der Waals surface area contributed by atoms with Crippen LogP contribution in [-0.2, 0) is 23.0 Å². The maximum absolute atomic E-state index is 14.5. The molecule has 7 rings (SSSR count). The van der Waals surface area contributed by atoms with Crippen molar-refractivity contribution in [3.8, 4) is 5.69 Å². The number of sulfonamides is 1. The third-order valence-corrected chi connectivity index (χ3v) is 11.8. The minimum Gasteiger partial charge on any atom is -0.478 e. The van der Waals surface area contributed by atoms with Crippen molar-refractivity contribution < 1.29 is 32.7 Å². The SMILES string of the molecule is CCCCN(C(=O)c1nn(-c2ccc(C(=O)NS(=O)(=O)c3ccc4ccccc4c3)cc2C(=O)N2CCc3ccccc3C2)c(C)c1Cl)c1ccc(C(=O)O)cc1. The van der Waals surface area contributed by atoms with Crippen molar-refractivity contribution in [1.29, 1.82) is 0 Å². The lowest BCUT2D eigenvalue weighted by atomic mass is 9.98. The molecule has 57 heavy (non-hydrogen) atoms. The fourth-order valence-corrected chi connectivity index (χ4v) is 8.09. The van der Waals surface area contributed by atoms with E-state index in [2.05, 4.69) is 9.82 Å². The average molecular weight is 804 g/mol. The molecule has 1 aliphatic heterocycles. The number of nitrogens with one attached hydrogen (secondary N) is 1. The summed E-state index contributed by atoms with van der Waals surface area (Å²) in [5, 5.41) is 15.6. The number of aromatic carboxylic acids is 1. The number of carbonyl (C=O) groups excluding carboxylic acids is 3. The topological polar surface area (TPSA) is 159 Å². The Morgan fingerprint density at radius 3 is 2.26 bits per heavy atom. The Bertz CT molecular complexity index is 2680. The Balaban J connectivity index is 1.27. The minimum absolute atomic E-state index is 0.0391. The highest BCUT2D eigenvalue weighted by Gasteiger charge is 2.30. The molecule has 12 nitrogen and oxygen atoms in total. The second-order valence-corrected chi connectivity index (χ2v) is 15.8. The van der Waals surface area contributed by atoms with E-state index < -0.39 is 33.7 Å². The predicted octanol–water partition coefficient (Wildman–Crippen LogP) is 7.45. The van der Waals surface area contributed by atoms with Gasteiger partial charge in [-0.1, -0.05) is 79.5 Å². The van der Waals surface area contributed by atoms with E-state index in [1.165, 1.54) is 52.0 Å². The molecule has 3 amide bonds. The van der Waals surface area contributed by atoms with Crippen LogP contribution in [0.2, 0.25) is 5.02 Å². The van der Waals surface area contributed by atoms with Gasteiger partial charge in [0, 0.05) is 30.9 Å². The molecular formula is C43H38ClN5O7S. The minimum atomic E-state index is -4.31. The molecule has 0 atom stereocenters. The van der Waals surface area contributed by atoms with Gasteiger partial charge in [0.2, 0.25) is 0 Å². The number of rotatable bonds is 11. The van der Waals surface area contributed by atoms with Crippen molar-refractivity contribution in [3.63, 3.8) is 0 Å². The Morgan fingerprint density at radius 1 is 0.860 bits per heavy atom. The van der Waals surface area contributed by atoms with Crippen LogP contribution >= 0.6 is 11.6 Å². The van der Waals surface area contributed by atoms with E-state index in [4.69, 9.17) is 11.6 Å². The van der Waals surface area contributed by atoms with Gasteiger partial charge in [0.1, 0.15) is 0 Å². The Kier molecular flexibility index (Phi) is 11.0. The Morgan fingerprint density at radius 2 is 1.54 bits per heavy atom. The summed E-state index contributed by atoms with van der Waals surface area (Å²) in [5.74, 6) is -3.01. The summed E-state index contributed by atoms with van der Waals surface area (Å²) in [6.07, 6.45) is 2.02. The molecule has 1 aliphatic rings. The van der Waals surface area contributed by atoms with Gasteiger partial charge in [-0.3, -0.25) is 14.4 Å². The molecule has 0 fully saturated rings. The molecule has 5 aromatic carbocycles. The summed E-state index contributed by atoms with van der Waals surface area (Å²) in [4.78, 5) is 56.9. The molecule has 290 valence electrons. The van der Waals surface area contributed by atoms with Gasteiger partial charge in [-0.05, 0) is 96.3 Å². The Labute approximate surface area is 334 Å². The zero-order chi connectivity index (χ0) is 40.4. The zero-order valence-corrected chi connectivity index (χ0v) is 32.7. The number of hydrogen-bond acceptors (Lipinski definition) is 7. The fourth-order valence-electron chi connectivity index (χ4n) is 6.88. The third-order valence-electron chi connectivity index (χ3n) is 10.0. The van der Waals surface area contributed by atoms with E-state index in [-0.39, 0.29) is 38.0 Å². The number of fused-ring (bicyclic) bond motifs is 2. The molecule has 0 aliphatic carbocycles. The summed E-state index contributed by atoms with van der Waals surface area (Å²) in [7, 11) is -4.31. The van der Waals surface area contributed by atoms with E-state index in [0.29, 0.717) is 49.2 Å². The van der Waals surface area contributed by atoms with Crippen molar-refractivity contribution in [2.24, 2.45) is 0 Å². The largest absolute Gasteiger partial charge is 0.478 e. The number of carboxylic acid groups (broad SMARTS) is 1. The van der Waals surface area contributed by atoms with Crippen LogP contribution in [0, 0.1) is 6.92 Å². The van der Waals surface area contributed by atoms with Gasteiger partial charge < -0.3 is 14.9 Å². The van der Waals surface area contributed by atoms with Crippen molar-refractivity contribution in [2.45, 2.75) is 44.6 Å². The molecule has 0 radical (unpaired) electrons. The van der Waals surface area contributed by atoms with Crippen LogP contribution in [0.4, 0.5) is 5.69 Å². The first-order valence-electron chi connectivity index (χ1n) is 18.3. The van der Waals surface area contributed by atoms with Gasteiger partial charge in [0.25, 0.3) is 27.7 Å². The molecule has 2 heterocycles. The summed E-state index contributed by atoms with van der Waals surface area (Å²) in [5.41, 5.74) is 3.03. The predicted molar refractivity (Wildman–Crippen MR) is 217 cm³/mol. The fraction of sp³-hybridized carbons (Fsp3) is 0.186. The number of aromatic nitrogens is 2. The number of benzene rings is 5. The van der Waals surface area contributed by atoms with Crippen LogP contribution in [0.5, 0.6) is 0 Å². The van der Waals surface area contributed by atoms with Crippen molar-refractivity contribution in [1.82, 2.24) is 19.4 Å². The first kappa shape index (κ1) is 38.9. The van der Waals surface area contributed by atoms with Gasteiger partial charge in [-0.2, -0.15) is 5.10 Å². The highest BCUT2D eigenvalue weighted by Crippen LogP contribution is 2.30. The molecule has 0 saturated heterocycles. The quantitative estimate of drug-likeness (QED) is 0.137. The van der Waals surface area contributed by atoms with Crippen LogP contribution in [-0.4, -0.2) is 65.0 Å². The second kappa shape index (κ2) is 16.0. The lowest BCUT2D eigenvalue weighted by molar-refractivity contribution is 0.0694. The van der Waals surface area contributed by atoms with E-state index in [1.54, 1.807) is 42.2 Å². The van der Waals surface area contributed by atoms with Crippen molar-refractivity contribution >= 4 is 61.8 Å². The van der Waals surface area contributed by atoms with Crippen molar-refractivity contribution in [3.05, 3.63) is 153 Å². The lowest BCUT2D eigenvalue weighted by Gasteiger charge is -2.29. The summed E-state index contributed by atoms with van der Waals surface area (Å²) < 4.78 is 30.4. The van der Waals surface area contributed by atoms with Gasteiger partial charge in [-0.25, -0.2) is 22.6 Å². The first-order chi connectivity index (χ1) is 27.4. The maximum Gasteiger partial charge on any atom is 0.335 e. The second-order valence-electron chi connectivity index (χ2n) is 13.7. The van der Waals surface area contributed by atoms with E-state index in [9.17, 15) is 32.7 Å². The summed E-state index contributed by atoms with van der Waals surface area (Å²) >= 11 is 6.84. The summed E-state index contributed by atoms with van der Waals surface area (Å²) in [6, 6.07) is 29.7. The monoisotopic (exact) mass is 803 g/mol. The maximum atomic E-state index is 14.5. The number of amides is 3. The van der Waals surface area contributed by atoms with Gasteiger partial charge >= 0.3 is 5.97 Å². The number of hydrogen-bond donors (Lipinski definition) is 2. The van der Waals surface area contributed by atoms with Crippen LogP contribution in [0.25, 0.3) is 16.5 Å². The van der Waals surface area contributed by atoms with Gasteiger partial charge in [0.15, 0.2) is 5.69 Å². The van der Waals surface area contributed by atoms with Crippen LogP contribution in [0.1, 0.15) is 78.1 Å². The Hall–Kier alpha value is -6.31. The lowest BCUT2D eigenvalue weighted by Crippen LogP contribution is -2.37. The molecule has 6 aromatic rings.